The first-order valence-electron chi connectivity index (χ1n) is 11.8. The predicted octanol–water partition coefficient (Wildman–Crippen LogP) is 3.76. The van der Waals surface area contributed by atoms with Crippen molar-refractivity contribution in [1.82, 2.24) is 19.9 Å². The minimum absolute atomic E-state index is 0.000681. The van der Waals surface area contributed by atoms with Gasteiger partial charge in [0.25, 0.3) is 0 Å². The summed E-state index contributed by atoms with van der Waals surface area (Å²) in [5.41, 5.74) is 0.884. The van der Waals surface area contributed by atoms with Crippen molar-refractivity contribution in [2.45, 2.75) is 63.5 Å². The molecule has 34 heavy (non-hydrogen) atoms. The maximum atomic E-state index is 12.7. The van der Waals surface area contributed by atoms with E-state index in [0.29, 0.717) is 18.7 Å². The average molecular weight is 462 g/mol. The molecule has 0 bridgehead atoms. The smallest absolute Gasteiger partial charge is 0.410 e. The number of aromatic nitrogens is 3. The zero-order valence-electron chi connectivity index (χ0n) is 20.5. The van der Waals surface area contributed by atoms with E-state index in [4.69, 9.17) is 9.72 Å². The van der Waals surface area contributed by atoms with Gasteiger partial charge in [-0.2, -0.15) is 5.26 Å². The zero-order chi connectivity index (χ0) is 24.3. The first-order valence-corrected chi connectivity index (χ1v) is 11.8. The van der Waals surface area contributed by atoms with Gasteiger partial charge in [0, 0.05) is 43.9 Å². The van der Waals surface area contributed by atoms with Crippen LogP contribution in [-0.4, -0.2) is 63.8 Å². The maximum absolute atomic E-state index is 12.7. The molecule has 3 aliphatic rings. The Labute approximate surface area is 200 Å². The Balaban J connectivity index is 1.43. The van der Waals surface area contributed by atoms with Crippen LogP contribution >= 0.6 is 0 Å². The number of amides is 1. The second-order valence-corrected chi connectivity index (χ2v) is 11.0. The molecule has 1 spiro atoms. The lowest BCUT2D eigenvalue weighted by Crippen LogP contribution is -2.69. The fraction of sp³-hybridized carbons (Fsp3) is 0.560. The lowest BCUT2D eigenvalue weighted by Gasteiger charge is -2.54. The molecule has 0 aromatic carbocycles. The van der Waals surface area contributed by atoms with Crippen LogP contribution in [-0.2, 0) is 10.2 Å². The molecule has 0 radical (unpaired) electrons. The summed E-state index contributed by atoms with van der Waals surface area (Å²) in [6, 6.07) is 5.74. The summed E-state index contributed by atoms with van der Waals surface area (Å²) >= 11 is 0. The van der Waals surface area contributed by atoms with Crippen molar-refractivity contribution in [2.75, 3.05) is 36.5 Å². The summed E-state index contributed by atoms with van der Waals surface area (Å²) in [5, 5.41) is 9.35. The number of hydrogen-bond donors (Lipinski definition) is 0. The van der Waals surface area contributed by atoms with Gasteiger partial charge in [0.1, 0.15) is 29.4 Å². The van der Waals surface area contributed by atoms with Gasteiger partial charge in [0.2, 0.25) is 0 Å². The average Bonchev–Trinajstić information content (AvgIpc) is 3.12. The van der Waals surface area contributed by atoms with Gasteiger partial charge in [-0.3, -0.25) is 0 Å². The SMILES string of the molecule is CN(C(=O)OC(C)(C)C)C1(C)CN(c2ncnc3c2C2(CCC2)CN3c2cc(C#N)ccn2)C1. The molecule has 1 saturated carbocycles. The molecule has 2 aliphatic heterocycles. The molecule has 1 saturated heterocycles. The van der Waals surface area contributed by atoms with E-state index in [-0.39, 0.29) is 17.0 Å². The molecule has 9 heteroatoms. The molecular weight excluding hydrogens is 430 g/mol. The van der Waals surface area contributed by atoms with E-state index < -0.39 is 5.60 Å². The second kappa shape index (κ2) is 7.55. The third kappa shape index (κ3) is 3.52. The van der Waals surface area contributed by atoms with Gasteiger partial charge < -0.3 is 19.4 Å². The van der Waals surface area contributed by atoms with Gasteiger partial charge in [-0.1, -0.05) is 6.42 Å². The largest absolute Gasteiger partial charge is 0.444 e. The highest BCUT2D eigenvalue weighted by atomic mass is 16.6. The lowest BCUT2D eigenvalue weighted by molar-refractivity contribution is 0.00241. The number of anilines is 3. The van der Waals surface area contributed by atoms with E-state index >= 15 is 0 Å². The molecule has 1 aliphatic carbocycles. The van der Waals surface area contributed by atoms with Crippen molar-refractivity contribution in [3.05, 3.63) is 35.8 Å². The molecule has 0 N–H and O–H groups in total. The molecule has 0 unspecified atom stereocenters. The first-order chi connectivity index (χ1) is 16.1. The topological polar surface area (TPSA) is 98.5 Å². The van der Waals surface area contributed by atoms with E-state index in [9.17, 15) is 10.1 Å². The van der Waals surface area contributed by atoms with Crippen molar-refractivity contribution in [1.29, 1.82) is 5.26 Å². The minimum atomic E-state index is -0.532. The van der Waals surface area contributed by atoms with Gasteiger partial charge in [0.05, 0.1) is 17.2 Å². The number of nitrogens with zero attached hydrogens (tertiary/aromatic N) is 7. The standard InChI is InChI=1S/C25H31N7O2/c1-23(2,3)34-22(33)30(5)24(4)13-31(14-24)20-19-21(29-16-28-20)32(15-25(19)8-6-9-25)18-11-17(12-26)7-10-27-18/h7,10-11,16H,6,8-9,13-15H2,1-5H3. The summed E-state index contributed by atoms with van der Waals surface area (Å²) < 4.78 is 5.58. The summed E-state index contributed by atoms with van der Waals surface area (Å²) in [6.45, 7) is 9.85. The van der Waals surface area contributed by atoms with Crippen molar-refractivity contribution in [3.63, 3.8) is 0 Å². The van der Waals surface area contributed by atoms with Crippen LogP contribution in [0.3, 0.4) is 0 Å². The minimum Gasteiger partial charge on any atom is -0.444 e. The number of pyridine rings is 1. The van der Waals surface area contributed by atoms with E-state index in [2.05, 4.69) is 32.8 Å². The van der Waals surface area contributed by atoms with Crippen LogP contribution in [0.1, 0.15) is 58.1 Å². The van der Waals surface area contributed by atoms with E-state index in [1.54, 1.807) is 30.5 Å². The highest BCUT2D eigenvalue weighted by Crippen LogP contribution is 2.56. The van der Waals surface area contributed by atoms with Gasteiger partial charge in [-0.05, 0) is 52.7 Å². The predicted molar refractivity (Wildman–Crippen MR) is 128 cm³/mol. The van der Waals surface area contributed by atoms with Crippen LogP contribution in [0, 0.1) is 11.3 Å². The molecule has 2 fully saturated rings. The van der Waals surface area contributed by atoms with Crippen LogP contribution in [0.2, 0.25) is 0 Å². The Morgan fingerprint density at radius 3 is 2.50 bits per heavy atom. The number of hydrogen-bond acceptors (Lipinski definition) is 8. The molecule has 2 aromatic heterocycles. The van der Waals surface area contributed by atoms with Crippen molar-refractivity contribution in [3.8, 4) is 6.07 Å². The number of carbonyl (C=O) groups is 1. The molecule has 178 valence electrons. The number of carbonyl (C=O) groups excluding carboxylic acids is 1. The zero-order valence-corrected chi connectivity index (χ0v) is 20.5. The molecule has 9 nitrogen and oxygen atoms in total. The van der Waals surface area contributed by atoms with E-state index in [1.165, 1.54) is 12.0 Å². The van der Waals surface area contributed by atoms with Crippen molar-refractivity contribution >= 4 is 23.5 Å². The molecule has 1 amide bonds. The van der Waals surface area contributed by atoms with Crippen molar-refractivity contribution in [2.24, 2.45) is 0 Å². The summed E-state index contributed by atoms with van der Waals surface area (Å²) in [5.74, 6) is 2.56. The maximum Gasteiger partial charge on any atom is 0.410 e. The molecule has 0 atom stereocenters. The lowest BCUT2D eigenvalue weighted by atomic mass is 9.65. The Morgan fingerprint density at radius 2 is 1.88 bits per heavy atom. The summed E-state index contributed by atoms with van der Waals surface area (Å²) in [7, 11) is 1.80. The summed E-state index contributed by atoms with van der Waals surface area (Å²) in [6.07, 6.45) is 6.31. The third-order valence-corrected chi connectivity index (χ3v) is 7.36. The van der Waals surface area contributed by atoms with Gasteiger partial charge in [0.15, 0.2) is 0 Å². The number of fused-ring (bicyclic) bond motifs is 2. The van der Waals surface area contributed by atoms with Gasteiger partial charge >= 0.3 is 6.09 Å². The highest BCUT2D eigenvalue weighted by molar-refractivity contribution is 5.76. The fourth-order valence-corrected chi connectivity index (χ4v) is 5.27. The normalized spacial score (nSPS) is 19.6. The van der Waals surface area contributed by atoms with E-state index in [0.717, 1.165) is 36.8 Å². The second-order valence-electron chi connectivity index (χ2n) is 11.0. The molecule has 5 rings (SSSR count). The molecule has 4 heterocycles. The quantitative estimate of drug-likeness (QED) is 0.681. The van der Waals surface area contributed by atoms with Crippen LogP contribution in [0.25, 0.3) is 0 Å². The highest BCUT2D eigenvalue weighted by Gasteiger charge is 2.53. The molecular formula is C25H31N7O2. The Hall–Kier alpha value is -3.41. The first kappa shape index (κ1) is 22.4. The number of ether oxygens (including phenoxy) is 1. The Morgan fingerprint density at radius 1 is 1.18 bits per heavy atom. The third-order valence-electron chi connectivity index (χ3n) is 7.36. The number of nitriles is 1. The molecule has 2 aromatic rings. The van der Waals surface area contributed by atoms with Crippen LogP contribution in [0.4, 0.5) is 22.2 Å². The van der Waals surface area contributed by atoms with Gasteiger partial charge in [-0.15, -0.1) is 0 Å². The Kier molecular flexibility index (Phi) is 4.97. The van der Waals surface area contributed by atoms with Crippen molar-refractivity contribution < 1.29 is 9.53 Å². The van der Waals surface area contributed by atoms with Crippen LogP contribution in [0.15, 0.2) is 24.7 Å². The monoisotopic (exact) mass is 461 g/mol. The number of likely N-dealkylation sites (N-methyl/N-ethyl adjacent to an activating group) is 1. The fourth-order valence-electron chi connectivity index (χ4n) is 5.27. The van der Waals surface area contributed by atoms with Crippen LogP contribution < -0.4 is 9.80 Å². The number of rotatable bonds is 3. The van der Waals surface area contributed by atoms with Gasteiger partial charge in [-0.25, -0.2) is 19.7 Å². The summed E-state index contributed by atoms with van der Waals surface area (Å²) in [4.78, 5) is 32.7. The van der Waals surface area contributed by atoms with E-state index in [1.807, 2.05) is 26.8 Å². The Bertz CT molecular complexity index is 1170. The van der Waals surface area contributed by atoms with Crippen LogP contribution in [0.5, 0.6) is 0 Å².